The third-order valence-electron chi connectivity index (χ3n) is 1.91. The van der Waals surface area contributed by atoms with Gasteiger partial charge >= 0.3 is 0 Å². The minimum atomic E-state index is 0.298. The molecule has 0 saturated heterocycles. The lowest BCUT2D eigenvalue weighted by atomic mass is 9.95. The summed E-state index contributed by atoms with van der Waals surface area (Å²) >= 11 is 1.98. The predicted octanol–water partition coefficient (Wildman–Crippen LogP) is 3.20. The molecule has 0 aromatic heterocycles. The Morgan fingerprint density at radius 2 is 2.00 bits per heavy atom. The van der Waals surface area contributed by atoms with Crippen molar-refractivity contribution in [2.24, 2.45) is 15.8 Å². The second-order valence-corrected chi connectivity index (χ2v) is 6.36. The summed E-state index contributed by atoms with van der Waals surface area (Å²) in [7, 11) is 0. The summed E-state index contributed by atoms with van der Waals surface area (Å²) in [5.74, 6) is 1.19. The Kier molecular flexibility index (Phi) is 2.57. The molecule has 1 atom stereocenters. The van der Waals surface area contributed by atoms with Crippen molar-refractivity contribution >= 4 is 18.0 Å². The Morgan fingerprint density at radius 1 is 1.42 bits per heavy atom. The number of hydrogen-bond acceptors (Lipinski definition) is 2. The molecular weight excluding hydrogens is 166 g/mol. The van der Waals surface area contributed by atoms with Gasteiger partial charge in [0.25, 0.3) is 0 Å². The Balaban J connectivity index is 2.67. The molecule has 0 saturated carbocycles. The minimum absolute atomic E-state index is 0.298. The lowest BCUT2D eigenvalue weighted by Crippen LogP contribution is -2.30. The van der Waals surface area contributed by atoms with Gasteiger partial charge in [-0.25, -0.2) is 0 Å². The van der Waals surface area contributed by atoms with E-state index in [4.69, 9.17) is 0 Å². The van der Waals surface area contributed by atoms with Crippen LogP contribution in [-0.4, -0.2) is 17.3 Å². The summed E-state index contributed by atoms with van der Waals surface area (Å²) < 4.78 is 0. The van der Waals surface area contributed by atoms with Gasteiger partial charge in [0.15, 0.2) is 0 Å². The van der Waals surface area contributed by atoms with Crippen molar-refractivity contribution in [1.82, 2.24) is 0 Å². The van der Waals surface area contributed by atoms with E-state index in [2.05, 4.69) is 45.8 Å². The van der Waals surface area contributed by atoms with Crippen LogP contribution in [0, 0.1) is 10.8 Å². The van der Waals surface area contributed by atoms with Gasteiger partial charge in [-0.1, -0.05) is 34.6 Å². The molecule has 0 N–H and O–H groups in total. The van der Waals surface area contributed by atoms with E-state index in [1.54, 1.807) is 0 Å². The van der Waals surface area contributed by atoms with Gasteiger partial charge in [0.2, 0.25) is 0 Å². The average Bonchev–Trinajstić information content (AvgIpc) is 1.83. The highest BCUT2D eigenvalue weighted by Gasteiger charge is 2.30. The van der Waals surface area contributed by atoms with Crippen molar-refractivity contribution in [3.8, 4) is 0 Å². The van der Waals surface area contributed by atoms with Crippen LogP contribution < -0.4 is 0 Å². The number of aliphatic imine (C=N–C) groups is 1. The molecule has 0 radical (unpaired) electrons. The summed E-state index contributed by atoms with van der Waals surface area (Å²) in [5, 5.41) is 0.450. The summed E-state index contributed by atoms with van der Waals surface area (Å²) in [6.07, 6.45) is 2.12. The first kappa shape index (κ1) is 10.1. The number of thioether (sulfide) groups is 1. The lowest BCUT2D eigenvalue weighted by Gasteiger charge is -2.34. The largest absolute Gasteiger partial charge is 0.282 e. The van der Waals surface area contributed by atoms with Crippen molar-refractivity contribution < 1.29 is 0 Å². The molecule has 1 nitrogen and oxygen atoms in total. The van der Waals surface area contributed by atoms with Gasteiger partial charge in [0.1, 0.15) is 0 Å². The molecule has 0 amide bonds. The fraction of sp³-hybridized carbons (Fsp3) is 0.900. The molecule has 0 fully saturated rings. The number of hydrogen-bond donors (Lipinski definition) is 0. The normalized spacial score (nSPS) is 28.9. The second kappa shape index (κ2) is 3.06. The van der Waals surface area contributed by atoms with Gasteiger partial charge in [-0.05, 0) is 5.41 Å². The quantitative estimate of drug-likeness (QED) is 0.564. The van der Waals surface area contributed by atoms with E-state index in [0.29, 0.717) is 16.2 Å². The topological polar surface area (TPSA) is 12.4 Å². The SMILES string of the molecule is CC1(C)C=NC(C(C)(C)C)SC1. The minimum Gasteiger partial charge on any atom is -0.282 e. The van der Waals surface area contributed by atoms with E-state index in [1.165, 1.54) is 5.75 Å². The maximum Gasteiger partial charge on any atom is 0.0996 e. The highest BCUT2D eigenvalue weighted by atomic mass is 32.2. The zero-order valence-corrected chi connectivity index (χ0v) is 9.53. The van der Waals surface area contributed by atoms with E-state index in [1.807, 2.05) is 11.8 Å². The summed E-state index contributed by atoms with van der Waals surface area (Å²) in [6.45, 7) is 11.2. The summed E-state index contributed by atoms with van der Waals surface area (Å²) in [4.78, 5) is 4.59. The van der Waals surface area contributed by atoms with Gasteiger partial charge in [-0.15, -0.1) is 11.8 Å². The second-order valence-electron chi connectivity index (χ2n) is 5.30. The highest BCUT2D eigenvalue weighted by Crippen LogP contribution is 2.37. The van der Waals surface area contributed by atoms with Crippen molar-refractivity contribution in [3.63, 3.8) is 0 Å². The van der Waals surface area contributed by atoms with Gasteiger partial charge in [0.05, 0.1) is 5.37 Å². The third-order valence-corrected chi connectivity index (χ3v) is 3.97. The first-order valence-corrected chi connectivity index (χ1v) is 5.52. The van der Waals surface area contributed by atoms with Crippen LogP contribution in [0.2, 0.25) is 0 Å². The molecule has 0 aliphatic carbocycles. The summed E-state index contributed by atoms with van der Waals surface area (Å²) in [5.41, 5.74) is 0.601. The number of rotatable bonds is 0. The molecule has 2 heteroatoms. The monoisotopic (exact) mass is 185 g/mol. The van der Waals surface area contributed by atoms with Crippen LogP contribution >= 0.6 is 11.8 Å². The molecule has 1 unspecified atom stereocenters. The van der Waals surface area contributed by atoms with Crippen LogP contribution in [-0.2, 0) is 0 Å². The molecule has 1 aliphatic heterocycles. The Hall–Kier alpha value is 0.0200. The maximum atomic E-state index is 4.59. The molecular formula is C10H19NS. The highest BCUT2D eigenvalue weighted by molar-refractivity contribution is 8.00. The van der Waals surface area contributed by atoms with Crippen LogP contribution in [0.15, 0.2) is 4.99 Å². The van der Waals surface area contributed by atoms with Crippen molar-refractivity contribution in [2.45, 2.75) is 40.0 Å². The van der Waals surface area contributed by atoms with E-state index in [-0.39, 0.29) is 0 Å². The van der Waals surface area contributed by atoms with Crippen LogP contribution in [0.1, 0.15) is 34.6 Å². The molecule has 0 aromatic carbocycles. The zero-order valence-electron chi connectivity index (χ0n) is 8.72. The predicted molar refractivity (Wildman–Crippen MR) is 58.0 cm³/mol. The fourth-order valence-electron chi connectivity index (χ4n) is 1.12. The van der Waals surface area contributed by atoms with Crippen LogP contribution in [0.5, 0.6) is 0 Å². The average molecular weight is 185 g/mol. The molecule has 1 aliphatic rings. The Labute approximate surface area is 80.0 Å². The molecule has 1 rings (SSSR count). The van der Waals surface area contributed by atoms with E-state index >= 15 is 0 Å². The first-order valence-electron chi connectivity index (χ1n) is 4.47. The standard InChI is InChI=1S/C10H19NS/c1-9(2,3)8-11-6-10(4,5)7-12-8/h6,8H,7H2,1-5H3. The zero-order chi connectivity index (χ0) is 9.41. The molecule has 0 aromatic rings. The van der Waals surface area contributed by atoms with E-state index in [9.17, 15) is 0 Å². The molecule has 1 heterocycles. The van der Waals surface area contributed by atoms with Crippen molar-refractivity contribution in [2.75, 3.05) is 5.75 Å². The van der Waals surface area contributed by atoms with Crippen LogP contribution in [0.4, 0.5) is 0 Å². The maximum absolute atomic E-state index is 4.59. The van der Waals surface area contributed by atoms with Crippen molar-refractivity contribution in [3.05, 3.63) is 0 Å². The van der Waals surface area contributed by atoms with Gasteiger partial charge < -0.3 is 0 Å². The Morgan fingerprint density at radius 3 is 2.33 bits per heavy atom. The van der Waals surface area contributed by atoms with Gasteiger partial charge in [-0.2, -0.15) is 0 Å². The molecule has 12 heavy (non-hydrogen) atoms. The van der Waals surface area contributed by atoms with Crippen molar-refractivity contribution in [1.29, 1.82) is 0 Å². The fourth-order valence-corrected chi connectivity index (χ4v) is 2.43. The Bertz CT molecular complexity index is 189. The van der Waals surface area contributed by atoms with Gasteiger partial charge in [0, 0.05) is 17.4 Å². The first-order chi connectivity index (χ1) is 5.31. The van der Waals surface area contributed by atoms with Crippen LogP contribution in [0.25, 0.3) is 0 Å². The number of nitrogens with zero attached hydrogens (tertiary/aromatic N) is 1. The summed E-state index contributed by atoms with van der Waals surface area (Å²) in [6, 6.07) is 0. The van der Waals surface area contributed by atoms with Crippen LogP contribution in [0.3, 0.4) is 0 Å². The third kappa shape index (κ3) is 2.51. The lowest BCUT2D eigenvalue weighted by molar-refractivity contribution is 0.395. The molecule has 70 valence electrons. The van der Waals surface area contributed by atoms with E-state index < -0.39 is 0 Å². The van der Waals surface area contributed by atoms with Gasteiger partial charge in [-0.3, -0.25) is 4.99 Å². The smallest absolute Gasteiger partial charge is 0.0996 e. The molecule has 0 spiro atoms. The molecule has 0 bridgehead atoms. The van der Waals surface area contributed by atoms with E-state index in [0.717, 1.165) is 0 Å².